The van der Waals surface area contributed by atoms with Gasteiger partial charge in [0.1, 0.15) is 18.4 Å². The van der Waals surface area contributed by atoms with Crippen molar-refractivity contribution in [2.45, 2.75) is 25.9 Å². The highest BCUT2D eigenvalue weighted by Crippen LogP contribution is 2.17. The molecule has 3 aromatic rings. The van der Waals surface area contributed by atoms with Gasteiger partial charge in [0, 0.05) is 0 Å². The van der Waals surface area contributed by atoms with Crippen LogP contribution in [-0.2, 0) is 12.1 Å². The van der Waals surface area contributed by atoms with Crippen LogP contribution in [0.2, 0.25) is 0 Å². The molecule has 0 bridgehead atoms. The van der Waals surface area contributed by atoms with Gasteiger partial charge in [-0.1, -0.05) is 5.16 Å². The number of nitrogen functional groups attached to an aromatic ring is 1. The van der Waals surface area contributed by atoms with Crippen molar-refractivity contribution in [3.8, 4) is 0 Å². The van der Waals surface area contributed by atoms with Crippen molar-refractivity contribution >= 4 is 17.0 Å². The summed E-state index contributed by atoms with van der Waals surface area (Å²) < 4.78 is 6.94. The number of rotatable bonds is 3. The zero-order valence-electron chi connectivity index (χ0n) is 11.1. The Morgan fingerprint density at radius 1 is 1.30 bits per heavy atom. The van der Waals surface area contributed by atoms with Crippen LogP contribution in [0.3, 0.4) is 0 Å². The zero-order valence-corrected chi connectivity index (χ0v) is 11.1. The van der Waals surface area contributed by atoms with E-state index in [1.54, 1.807) is 10.9 Å². The average Bonchev–Trinajstić information content (AvgIpc) is 2.98. The summed E-state index contributed by atoms with van der Waals surface area (Å²) in [6.45, 7) is 3.96. The van der Waals surface area contributed by atoms with Crippen molar-refractivity contribution in [3.05, 3.63) is 24.4 Å². The van der Waals surface area contributed by atoms with Crippen LogP contribution in [0.1, 0.15) is 25.6 Å². The fraction of sp³-hybridized carbons (Fsp3) is 0.364. The first-order valence-corrected chi connectivity index (χ1v) is 5.98. The van der Waals surface area contributed by atoms with Crippen LogP contribution in [0, 0.1) is 0 Å². The maximum atomic E-state index is 5.91. The Balaban J connectivity index is 1.94. The highest BCUT2D eigenvalue weighted by atomic mass is 16.5. The van der Waals surface area contributed by atoms with Gasteiger partial charge in [-0.2, -0.15) is 4.98 Å². The first-order chi connectivity index (χ1) is 9.45. The third kappa shape index (κ3) is 2.07. The summed E-state index contributed by atoms with van der Waals surface area (Å²) in [6.07, 6.45) is 2.99. The van der Waals surface area contributed by atoms with Crippen LogP contribution >= 0.6 is 0 Å². The average molecular weight is 274 g/mol. The highest BCUT2D eigenvalue weighted by molar-refractivity contribution is 5.81. The first-order valence-electron chi connectivity index (χ1n) is 5.98. The van der Waals surface area contributed by atoms with Gasteiger partial charge in [-0.05, 0) is 13.8 Å². The molecule has 0 aliphatic carbocycles. The van der Waals surface area contributed by atoms with Gasteiger partial charge in [0.2, 0.25) is 5.89 Å². The summed E-state index contributed by atoms with van der Waals surface area (Å²) in [7, 11) is 0. The smallest absolute Gasteiger partial charge is 0.246 e. The SMILES string of the molecule is CC(C)(N)c1noc(Cn2cnc3c(N)ncnc32)n1. The largest absolute Gasteiger partial charge is 0.382 e. The van der Waals surface area contributed by atoms with Gasteiger partial charge in [0.05, 0.1) is 11.9 Å². The number of imidazole rings is 1. The second kappa shape index (κ2) is 4.23. The number of fused-ring (bicyclic) bond motifs is 1. The Bertz CT molecular complexity index is 753. The maximum Gasteiger partial charge on any atom is 0.246 e. The highest BCUT2D eigenvalue weighted by Gasteiger charge is 2.21. The molecule has 4 N–H and O–H groups in total. The van der Waals surface area contributed by atoms with Crippen LogP contribution < -0.4 is 11.5 Å². The van der Waals surface area contributed by atoms with E-state index in [0.717, 1.165) is 0 Å². The van der Waals surface area contributed by atoms with Crippen molar-refractivity contribution in [1.29, 1.82) is 0 Å². The van der Waals surface area contributed by atoms with Gasteiger partial charge < -0.3 is 20.6 Å². The molecule has 0 saturated heterocycles. The molecule has 0 aliphatic rings. The van der Waals surface area contributed by atoms with E-state index in [9.17, 15) is 0 Å². The van der Waals surface area contributed by atoms with E-state index >= 15 is 0 Å². The molecule has 0 saturated carbocycles. The van der Waals surface area contributed by atoms with Crippen molar-refractivity contribution in [1.82, 2.24) is 29.7 Å². The van der Waals surface area contributed by atoms with E-state index in [4.69, 9.17) is 16.0 Å². The lowest BCUT2D eigenvalue weighted by Crippen LogP contribution is -2.30. The molecule has 0 spiro atoms. The first kappa shape index (κ1) is 12.5. The molecule has 0 aliphatic heterocycles. The van der Waals surface area contributed by atoms with E-state index < -0.39 is 5.54 Å². The molecule has 9 nitrogen and oxygen atoms in total. The molecule has 0 unspecified atom stereocenters. The van der Waals surface area contributed by atoms with Crippen molar-refractivity contribution < 1.29 is 4.52 Å². The Kier molecular flexibility index (Phi) is 2.64. The third-order valence-corrected chi connectivity index (χ3v) is 2.78. The molecule has 3 heterocycles. The predicted molar refractivity (Wildman–Crippen MR) is 70.3 cm³/mol. The number of hydrogen-bond acceptors (Lipinski definition) is 8. The van der Waals surface area contributed by atoms with E-state index in [0.29, 0.717) is 35.2 Å². The van der Waals surface area contributed by atoms with Gasteiger partial charge in [0.15, 0.2) is 17.3 Å². The lowest BCUT2D eigenvalue weighted by atomic mass is 10.1. The molecule has 0 radical (unpaired) electrons. The summed E-state index contributed by atoms with van der Waals surface area (Å²) in [4.78, 5) is 16.5. The fourth-order valence-electron chi connectivity index (χ4n) is 1.74. The van der Waals surface area contributed by atoms with Crippen LogP contribution in [-0.4, -0.2) is 29.7 Å². The summed E-state index contributed by atoms with van der Waals surface area (Å²) in [5.74, 6) is 1.21. The minimum Gasteiger partial charge on any atom is -0.382 e. The summed E-state index contributed by atoms with van der Waals surface area (Å²) in [5, 5.41) is 3.86. The normalized spacial score (nSPS) is 12.2. The predicted octanol–water partition coefficient (Wildman–Crippen LogP) is 0.0336. The molecule has 9 heteroatoms. The van der Waals surface area contributed by atoms with E-state index in [1.165, 1.54) is 6.33 Å². The standard InChI is InChI=1S/C11H14N8O/c1-11(2,13)10-17-6(20-18-10)3-19-5-16-7-8(12)14-4-15-9(7)19/h4-5H,3,13H2,1-2H3,(H2,12,14,15). The minimum absolute atomic E-state index is 0.336. The van der Waals surface area contributed by atoms with E-state index in [-0.39, 0.29) is 0 Å². The quantitative estimate of drug-likeness (QED) is 0.683. The van der Waals surface area contributed by atoms with Gasteiger partial charge in [-0.25, -0.2) is 15.0 Å². The Morgan fingerprint density at radius 2 is 2.10 bits per heavy atom. The topological polar surface area (TPSA) is 135 Å². The molecule has 0 atom stereocenters. The summed E-state index contributed by atoms with van der Waals surface area (Å²) in [6, 6.07) is 0. The molecule has 104 valence electrons. The van der Waals surface area contributed by atoms with Gasteiger partial charge in [-0.15, -0.1) is 0 Å². The van der Waals surface area contributed by atoms with E-state index in [1.807, 2.05) is 13.8 Å². The molecule has 0 amide bonds. The van der Waals surface area contributed by atoms with Crippen molar-refractivity contribution in [3.63, 3.8) is 0 Å². The minimum atomic E-state index is -0.647. The van der Waals surface area contributed by atoms with Crippen LogP contribution in [0.15, 0.2) is 17.2 Å². The van der Waals surface area contributed by atoms with Crippen molar-refractivity contribution in [2.75, 3.05) is 5.73 Å². The van der Waals surface area contributed by atoms with Gasteiger partial charge in [-0.3, -0.25) is 0 Å². The molecule has 3 aromatic heterocycles. The van der Waals surface area contributed by atoms with Gasteiger partial charge in [0.25, 0.3) is 0 Å². The number of nitrogens with zero attached hydrogens (tertiary/aromatic N) is 6. The van der Waals surface area contributed by atoms with Gasteiger partial charge >= 0.3 is 0 Å². The molecule has 3 rings (SSSR count). The number of nitrogens with two attached hydrogens (primary N) is 2. The zero-order chi connectivity index (χ0) is 14.3. The van der Waals surface area contributed by atoms with Crippen LogP contribution in [0.4, 0.5) is 5.82 Å². The summed E-state index contributed by atoms with van der Waals surface area (Å²) >= 11 is 0. The molecule has 20 heavy (non-hydrogen) atoms. The monoisotopic (exact) mass is 274 g/mol. The second-order valence-corrected chi connectivity index (χ2v) is 5.04. The van der Waals surface area contributed by atoms with E-state index in [2.05, 4.69) is 25.1 Å². The lowest BCUT2D eigenvalue weighted by molar-refractivity contribution is 0.356. The summed E-state index contributed by atoms with van der Waals surface area (Å²) in [5.41, 5.74) is 12.2. The maximum absolute atomic E-state index is 5.91. The third-order valence-electron chi connectivity index (χ3n) is 2.78. The molecule has 0 fully saturated rings. The molecule has 0 aromatic carbocycles. The molecular weight excluding hydrogens is 260 g/mol. The van der Waals surface area contributed by atoms with Crippen LogP contribution in [0.25, 0.3) is 11.2 Å². The van der Waals surface area contributed by atoms with Crippen LogP contribution in [0.5, 0.6) is 0 Å². The number of aromatic nitrogens is 6. The second-order valence-electron chi connectivity index (χ2n) is 5.04. The lowest BCUT2D eigenvalue weighted by Gasteiger charge is -2.11. The van der Waals surface area contributed by atoms with Crippen molar-refractivity contribution in [2.24, 2.45) is 5.73 Å². The Labute approximate surface area is 114 Å². The Morgan fingerprint density at radius 3 is 2.80 bits per heavy atom. The fourth-order valence-corrected chi connectivity index (χ4v) is 1.74. The Hall–Kier alpha value is -2.55. The number of anilines is 1. The number of hydrogen-bond donors (Lipinski definition) is 2. The molecular formula is C11H14N8O.